The molecule has 0 radical (unpaired) electrons. The van der Waals surface area contributed by atoms with Gasteiger partial charge < -0.3 is 9.32 Å². The van der Waals surface area contributed by atoms with Crippen LogP contribution in [0.25, 0.3) is 77.5 Å². The van der Waals surface area contributed by atoms with Gasteiger partial charge in [-0.05, 0) is 105 Å². The number of benzene rings is 9. The second-order valence-electron chi connectivity index (χ2n) is 13.6. The van der Waals surface area contributed by atoms with Crippen molar-refractivity contribution in [2.75, 3.05) is 4.90 Å². The Morgan fingerprint density at radius 3 is 1.67 bits per heavy atom. The maximum absolute atomic E-state index is 6.15. The Morgan fingerprint density at radius 2 is 0.907 bits per heavy atom. The van der Waals surface area contributed by atoms with Gasteiger partial charge in [0.15, 0.2) is 5.58 Å². The third kappa shape index (κ3) is 5.78. The molecule has 0 saturated carbocycles. The van der Waals surface area contributed by atoms with Crippen LogP contribution in [-0.4, -0.2) is 4.98 Å². The molecule has 0 aliphatic rings. The molecule has 0 spiro atoms. The van der Waals surface area contributed by atoms with Gasteiger partial charge in [0.05, 0.1) is 5.69 Å². The molecule has 0 unspecified atom stereocenters. The highest BCUT2D eigenvalue weighted by Gasteiger charge is 2.18. The molecular formula is C51H34N2O. The fourth-order valence-corrected chi connectivity index (χ4v) is 7.55. The minimum Gasteiger partial charge on any atom is -0.436 e. The first-order valence-electron chi connectivity index (χ1n) is 18.3. The van der Waals surface area contributed by atoms with Gasteiger partial charge in [-0.2, -0.15) is 0 Å². The van der Waals surface area contributed by atoms with Crippen LogP contribution >= 0.6 is 0 Å². The van der Waals surface area contributed by atoms with Gasteiger partial charge in [0, 0.05) is 27.9 Å². The SMILES string of the molecule is c1ccc(-c2ccc(N(c3ccc4cc(-c5ccc6c(ccc7oc(-c8ccccc8)nc76)c5)ccc4c3)c3ccccc3-c3ccccc3)cc2)cc1. The third-order valence-corrected chi connectivity index (χ3v) is 10.3. The number of fused-ring (bicyclic) bond motifs is 4. The van der Waals surface area contributed by atoms with E-state index in [0.717, 1.165) is 50.1 Å². The van der Waals surface area contributed by atoms with Crippen molar-refractivity contribution < 1.29 is 4.42 Å². The number of oxazole rings is 1. The molecule has 9 aromatic carbocycles. The van der Waals surface area contributed by atoms with Crippen LogP contribution in [0.1, 0.15) is 0 Å². The van der Waals surface area contributed by atoms with Crippen LogP contribution in [0.5, 0.6) is 0 Å². The maximum atomic E-state index is 6.15. The first kappa shape index (κ1) is 31.5. The number of nitrogens with zero attached hydrogens (tertiary/aromatic N) is 2. The van der Waals surface area contributed by atoms with Crippen LogP contribution in [0.2, 0.25) is 0 Å². The van der Waals surface area contributed by atoms with Gasteiger partial charge in [-0.15, -0.1) is 0 Å². The van der Waals surface area contributed by atoms with E-state index in [4.69, 9.17) is 9.40 Å². The Balaban J connectivity index is 1.03. The minimum absolute atomic E-state index is 0.641. The average Bonchev–Trinajstić information content (AvgIpc) is 3.70. The zero-order valence-electron chi connectivity index (χ0n) is 29.4. The summed E-state index contributed by atoms with van der Waals surface area (Å²) in [5.74, 6) is 0.641. The first-order valence-corrected chi connectivity index (χ1v) is 18.3. The Labute approximate surface area is 314 Å². The summed E-state index contributed by atoms with van der Waals surface area (Å²) < 4.78 is 6.15. The van der Waals surface area contributed by atoms with Crippen molar-refractivity contribution in [1.29, 1.82) is 0 Å². The summed E-state index contributed by atoms with van der Waals surface area (Å²) in [6, 6.07) is 73.1. The summed E-state index contributed by atoms with van der Waals surface area (Å²) in [6.07, 6.45) is 0. The van der Waals surface area contributed by atoms with Crippen molar-refractivity contribution in [3.63, 3.8) is 0 Å². The molecule has 0 N–H and O–H groups in total. The molecular weight excluding hydrogens is 657 g/mol. The van der Waals surface area contributed by atoms with Crippen molar-refractivity contribution in [3.05, 3.63) is 206 Å². The molecule has 0 aliphatic heterocycles. The van der Waals surface area contributed by atoms with Crippen LogP contribution in [0.3, 0.4) is 0 Å². The van der Waals surface area contributed by atoms with Crippen LogP contribution in [0, 0.1) is 0 Å². The van der Waals surface area contributed by atoms with Gasteiger partial charge in [0.2, 0.25) is 5.89 Å². The number of aromatic nitrogens is 1. The van der Waals surface area contributed by atoms with E-state index < -0.39 is 0 Å². The summed E-state index contributed by atoms with van der Waals surface area (Å²) >= 11 is 0. The fraction of sp³-hybridized carbons (Fsp3) is 0. The predicted octanol–water partition coefficient (Wildman–Crippen LogP) is 14.3. The quantitative estimate of drug-likeness (QED) is 0.167. The van der Waals surface area contributed by atoms with Crippen LogP contribution in [0.4, 0.5) is 17.1 Å². The highest BCUT2D eigenvalue weighted by atomic mass is 16.3. The summed E-state index contributed by atoms with van der Waals surface area (Å²) in [7, 11) is 0. The molecule has 54 heavy (non-hydrogen) atoms. The number of anilines is 3. The lowest BCUT2D eigenvalue weighted by molar-refractivity contribution is 0.620. The molecule has 0 bridgehead atoms. The fourth-order valence-electron chi connectivity index (χ4n) is 7.55. The largest absolute Gasteiger partial charge is 0.436 e. The number of hydrogen-bond acceptors (Lipinski definition) is 3. The Kier molecular flexibility index (Phi) is 7.81. The van der Waals surface area contributed by atoms with Gasteiger partial charge in [-0.25, -0.2) is 4.98 Å². The van der Waals surface area contributed by atoms with E-state index in [2.05, 4.69) is 175 Å². The Hall–Kier alpha value is -7.23. The Morgan fingerprint density at radius 1 is 0.370 bits per heavy atom. The Bertz CT molecular complexity index is 2920. The van der Waals surface area contributed by atoms with Crippen LogP contribution < -0.4 is 4.90 Å². The molecule has 0 amide bonds. The monoisotopic (exact) mass is 690 g/mol. The standard InChI is InChI=1S/C51H34N2O/c1-4-12-35(13-5-1)36-22-27-44(28-23-36)53(48-19-11-10-18-46(48)37-14-6-2-7-15-37)45-29-24-40-32-39(20-21-42(40)34-45)41-25-30-47-43(33-41)26-31-49-50(47)52-51(54-49)38-16-8-3-9-17-38/h1-34H. The number of para-hydroxylation sites is 1. The molecule has 10 rings (SSSR count). The average molecular weight is 691 g/mol. The molecule has 10 aromatic rings. The lowest BCUT2D eigenvalue weighted by atomic mass is 9.97. The smallest absolute Gasteiger partial charge is 0.227 e. The lowest BCUT2D eigenvalue weighted by Crippen LogP contribution is -2.11. The van der Waals surface area contributed by atoms with Crippen molar-refractivity contribution in [2.24, 2.45) is 0 Å². The molecule has 254 valence electrons. The van der Waals surface area contributed by atoms with Crippen molar-refractivity contribution in [3.8, 4) is 44.8 Å². The zero-order chi connectivity index (χ0) is 35.8. The molecule has 0 aliphatic carbocycles. The topological polar surface area (TPSA) is 29.3 Å². The number of rotatable bonds is 7. The molecule has 1 aromatic heterocycles. The lowest BCUT2D eigenvalue weighted by Gasteiger charge is -2.28. The van der Waals surface area contributed by atoms with E-state index in [1.54, 1.807) is 0 Å². The molecule has 0 saturated heterocycles. The summed E-state index contributed by atoms with van der Waals surface area (Å²) in [6.45, 7) is 0. The van der Waals surface area contributed by atoms with E-state index in [-0.39, 0.29) is 0 Å². The molecule has 3 nitrogen and oxygen atoms in total. The van der Waals surface area contributed by atoms with Crippen LogP contribution in [-0.2, 0) is 0 Å². The van der Waals surface area contributed by atoms with Crippen LogP contribution in [0.15, 0.2) is 211 Å². The van der Waals surface area contributed by atoms with E-state index in [9.17, 15) is 0 Å². The second kappa shape index (κ2) is 13.4. The van der Waals surface area contributed by atoms with E-state index in [0.29, 0.717) is 5.89 Å². The predicted molar refractivity (Wildman–Crippen MR) is 225 cm³/mol. The molecule has 1 heterocycles. The summed E-state index contributed by atoms with van der Waals surface area (Å²) in [5, 5.41) is 4.58. The summed E-state index contributed by atoms with van der Waals surface area (Å²) in [4.78, 5) is 7.27. The molecule has 0 fully saturated rings. The van der Waals surface area contributed by atoms with Gasteiger partial charge >= 0.3 is 0 Å². The third-order valence-electron chi connectivity index (χ3n) is 10.3. The van der Waals surface area contributed by atoms with Crippen molar-refractivity contribution in [2.45, 2.75) is 0 Å². The molecule has 0 atom stereocenters. The van der Waals surface area contributed by atoms with E-state index in [1.807, 2.05) is 36.4 Å². The normalized spacial score (nSPS) is 11.3. The van der Waals surface area contributed by atoms with Crippen molar-refractivity contribution in [1.82, 2.24) is 4.98 Å². The highest BCUT2D eigenvalue weighted by Crippen LogP contribution is 2.42. The maximum Gasteiger partial charge on any atom is 0.227 e. The second-order valence-corrected chi connectivity index (χ2v) is 13.6. The van der Waals surface area contributed by atoms with Gasteiger partial charge in [-0.1, -0.05) is 146 Å². The van der Waals surface area contributed by atoms with Gasteiger partial charge in [-0.3, -0.25) is 0 Å². The minimum atomic E-state index is 0.641. The van der Waals surface area contributed by atoms with Crippen molar-refractivity contribution >= 4 is 49.7 Å². The van der Waals surface area contributed by atoms with Gasteiger partial charge in [0.1, 0.15) is 5.52 Å². The zero-order valence-corrected chi connectivity index (χ0v) is 29.4. The first-order chi connectivity index (χ1) is 26.7. The summed E-state index contributed by atoms with van der Waals surface area (Å²) in [5.41, 5.74) is 13.1. The van der Waals surface area contributed by atoms with Gasteiger partial charge in [0.25, 0.3) is 0 Å². The number of hydrogen-bond donors (Lipinski definition) is 0. The highest BCUT2D eigenvalue weighted by molar-refractivity contribution is 6.05. The molecule has 3 heteroatoms. The van der Waals surface area contributed by atoms with E-state index >= 15 is 0 Å². The van der Waals surface area contributed by atoms with E-state index in [1.165, 1.54) is 38.6 Å².